The minimum atomic E-state index is -3.28. The SMILES string of the molecule is O=C1NC(=O)C([N+](=O)[O-])([N+](=O)[O-])N1. The van der Waals surface area contributed by atoms with Crippen LogP contribution in [-0.4, -0.2) is 27.6 Å². The van der Waals surface area contributed by atoms with Crippen molar-refractivity contribution in [3.05, 3.63) is 20.2 Å². The fourth-order valence-electron chi connectivity index (χ4n) is 0.760. The number of nitrogens with one attached hydrogen (secondary N) is 2. The van der Waals surface area contributed by atoms with Crippen LogP contribution in [0.2, 0.25) is 0 Å². The second-order valence-electron chi connectivity index (χ2n) is 2.09. The summed E-state index contributed by atoms with van der Waals surface area (Å²) in [6.07, 6.45) is 0. The van der Waals surface area contributed by atoms with Crippen molar-refractivity contribution in [3.8, 4) is 0 Å². The molecule has 10 nitrogen and oxygen atoms in total. The number of imide groups is 1. The Balaban J connectivity index is 3.20. The van der Waals surface area contributed by atoms with Gasteiger partial charge in [-0.15, -0.1) is 0 Å². The smallest absolute Gasteiger partial charge is 0.263 e. The second-order valence-corrected chi connectivity index (χ2v) is 2.09. The molecule has 1 aliphatic heterocycles. The third kappa shape index (κ3) is 0.953. The molecule has 0 spiro atoms. The topological polar surface area (TPSA) is 144 Å². The molecule has 1 heterocycles. The van der Waals surface area contributed by atoms with E-state index in [4.69, 9.17) is 0 Å². The number of rotatable bonds is 2. The summed E-state index contributed by atoms with van der Waals surface area (Å²) < 4.78 is 0. The summed E-state index contributed by atoms with van der Waals surface area (Å²) in [5.74, 6) is -4.88. The highest BCUT2D eigenvalue weighted by molar-refractivity contribution is 6.04. The molecule has 0 unspecified atom stereocenters. The Morgan fingerprint density at radius 2 is 1.62 bits per heavy atom. The van der Waals surface area contributed by atoms with Gasteiger partial charge in [-0.2, -0.15) is 5.32 Å². The summed E-state index contributed by atoms with van der Waals surface area (Å²) in [5, 5.41) is 23.1. The number of hydrogen-bond acceptors (Lipinski definition) is 6. The predicted molar refractivity (Wildman–Crippen MR) is 33.4 cm³/mol. The highest BCUT2D eigenvalue weighted by Crippen LogP contribution is 2.11. The molecule has 0 aromatic rings. The standard InChI is InChI=1S/C3H2N4O6/c8-1-3(6(10)11,7(12)13)5-2(9)4-1/h(H2,4,5,8,9). The number of nitrogens with zero attached hydrogens (tertiary/aromatic N) is 2. The van der Waals surface area contributed by atoms with Crippen LogP contribution in [0.15, 0.2) is 0 Å². The minimum absolute atomic E-state index is 1.27. The number of carbonyl (C=O) groups is 2. The van der Waals surface area contributed by atoms with Gasteiger partial charge in [0.25, 0.3) is 0 Å². The molecular weight excluding hydrogens is 188 g/mol. The van der Waals surface area contributed by atoms with E-state index < -0.39 is 27.6 Å². The van der Waals surface area contributed by atoms with Gasteiger partial charge in [0.05, 0.1) is 0 Å². The fraction of sp³-hybridized carbons (Fsp3) is 0.333. The highest BCUT2D eigenvalue weighted by Gasteiger charge is 2.70. The lowest BCUT2D eigenvalue weighted by Gasteiger charge is -2.05. The van der Waals surface area contributed by atoms with Gasteiger partial charge in [-0.1, -0.05) is 0 Å². The molecule has 0 radical (unpaired) electrons. The minimum Gasteiger partial charge on any atom is -0.263 e. The summed E-state index contributed by atoms with van der Waals surface area (Å²) in [7, 11) is 0. The van der Waals surface area contributed by atoms with Gasteiger partial charge in [-0.05, 0) is 0 Å². The molecule has 0 atom stereocenters. The predicted octanol–water partition coefficient (Wildman–Crippen LogP) is -1.97. The molecule has 0 saturated carbocycles. The lowest BCUT2D eigenvalue weighted by molar-refractivity contribution is -0.779. The van der Waals surface area contributed by atoms with Gasteiger partial charge in [0.2, 0.25) is 0 Å². The Labute approximate surface area is 69.2 Å². The van der Waals surface area contributed by atoms with Crippen LogP contribution in [0.3, 0.4) is 0 Å². The average Bonchev–Trinajstić information content (AvgIpc) is 2.26. The van der Waals surface area contributed by atoms with E-state index in [0.717, 1.165) is 0 Å². The van der Waals surface area contributed by atoms with E-state index in [1.807, 2.05) is 0 Å². The quantitative estimate of drug-likeness (QED) is 0.223. The molecule has 0 aromatic heterocycles. The number of carbonyl (C=O) groups excluding carboxylic acids is 2. The van der Waals surface area contributed by atoms with Gasteiger partial charge in [-0.25, -0.2) is 4.79 Å². The van der Waals surface area contributed by atoms with Crippen LogP contribution in [0.4, 0.5) is 4.79 Å². The zero-order valence-electron chi connectivity index (χ0n) is 5.84. The van der Waals surface area contributed by atoms with Crippen molar-refractivity contribution in [1.82, 2.24) is 10.6 Å². The maximum atomic E-state index is 10.7. The van der Waals surface area contributed by atoms with Crippen LogP contribution >= 0.6 is 0 Å². The molecule has 70 valence electrons. The van der Waals surface area contributed by atoms with E-state index >= 15 is 0 Å². The van der Waals surface area contributed by atoms with E-state index in [1.165, 1.54) is 10.6 Å². The Hall–Kier alpha value is -2.26. The first-order chi connectivity index (χ1) is 5.91. The van der Waals surface area contributed by atoms with Crippen LogP contribution in [0, 0.1) is 20.2 Å². The van der Waals surface area contributed by atoms with Crippen molar-refractivity contribution in [1.29, 1.82) is 0 Å². The van der Waals surface area contributed by atoms with E-state index in [-0.39, 0.29) is 0 Å². The van der Waals surface area contributed by atoms with Crippen molar-refractivity contribution in [2.75, 3.05) is 0 Å². The molecule has 1 saturated heterocycles. The van der Waals surface area contributed by atoms with Crippen molar-refractivity contribution in [3.63, 3.8) is 0 Å². The highest BCUT2D eigenvalue weighted by atomic mass is 16.7. The first-order valence-electron chi connectivity index (χ1n) is 2.84. The van der Waals surface area contributed by atoms with Gasteiger partial charge in [0.15, 0.2) is 0 Å². The van der Waals surface area contributed by atoms with Crippen molar-refractivity contribution >= 4 is 11.9 Å². The normalized spacial score (nSPS) is 19.1. The largest absolute Gasteiger partial charge is 0.625 e. The Bertz CT molecular complexity index is 308. The molecule has 1 rings (SSSR count). The third-order valence-corrected chi connectivity index (χ3v) is 1.36. The van der Waals surface area contributed by atoms with Crippen LogP contribution in [0.25, 0.3) is 0 Å². The van der Waals surface area contributed by atoms with E-state index in [1.54, 1.807) is 0 Å². The van der Waals surface area contributed by atoms with Crippen LogP contribution in [0.1, 0.15) is 0 Å². The van der Waals surface area contributed by atoms with Gasteiger partial charge in [0, 0.05) is 0 Å². The molecule has 13 heavy (non-hydrogen) atoms. The monoisotopic (exact) mass is 190 g/mol. The molecule has 0 bridgehead atoms. The van der Waals surface area contributed by atoms with Gasteiger partial charge in [0.1, 0.15) is 9.85 Å². The first-order valence-corrected chi connectivity index (χ1v) is 2.84. The maximum Gasteiger partial charge on any atom is 0.625 e. The lowest BCUT2D eigenvalue weighted by Crippen LogP contribution is -2.59. The third-order valence-electron chi connectivity index (χ3n) is 1.36. The number of urea groups is 1. The van der Waals surface area contributed by atoms with Gasteiger partial charge in [-0.3, -0.25) is 30.3 Å². The van der Waals surface area contributed by atoms with E-state index in [0.29, 0.717) is 0 Å². The number of hydrogen-bond donors (Lipinski definition) is 2. The average molecular weight is 190 g/mol. The van der Waals surface area contributed by atoms with Crippen molar-refractivity contribution in [2.24, 2.45) is 0 Å². The van der Waals surface area contributed by atoms with Gasteiger partial charge < -0.3 is 0 Å². The number of nitro groups is 2. The Kier molecular flexibility index (Phi) is 1.61. The van der Waals surface area contributed by atoms with Gasteiger partial charge >= 0.3 is 17.7 Å². The summed E-state index contributed by atoms with van der Waals surface area (Å²) in [6.45, 7) is 0. The number of amides is 3. The first kappa shape index (κ1) is 8.83. The zero-order chi connectivity index (χ0) is 10.2. The van der Waals surface area contributed by atoms with Crippen LogP contribution < -0.4 is 10.6 Å². The molecule has 10 heteroatoms. The van der Waals surface area contributed by atoms with Crippen molar-refractivity contribution in [2.45, 2.75) is 5.79 Å². The van der Waals surface area contributed by atoms with Crippen molar-refractivity contribution < 1.29 is 19.4 Å². The molecule has 1 fully saturated rings. The Morgan fingerprint density at radius 3 is 1.77 bits per heavy atom. The molecule has 3 amide bonds. The summed E-state index contributed by atoms with van der Waals surface area (Å²) in [4.78, 5) is 38.6. The zero-order valence-corrected chi connectivity index (χ0v) is 5.84. The van der Waals surface area contributed by atoms with Crippen LogP contribution in [0.5, 0.6) is 0 Å². The molecule has 1 aliphatic rings. The summed E-state index contributed by atoms with van der Waals surface area (Å²) >= 11 is 0. The molecule has 2 N–H and O–H groups in total. The Morgan fingerprint density at radius 1 is 1.15 bits per heavy atom. The lowest BCUT2D eigenvalue weighted by atomic mass is 10.4. The summed E-state index contributed by atoms with van der Waals surface area (Å²) in [5.41, 5.74) is 0. The summed E-state index contributed by atoms with van der Waals surface area (Å²) in [6, 6.07) is -1.27. The maximum absolute atomic E-state index is 10.7. The second kappa shape index (κ2) is 2.36. The molecule has 0 aromatic carbocycles. The molecular formula is C3H2N4O6. The molecule has 0 aliphatic carbocycles. The fourth-order valence-corrected chi connectivity index (χ4v) is 0.760. The van der Waals surface area contributed by atoms with Crippen LogP contribution in [-0.2, 0) is 4.79 Å². The van der Waals surface area contributed by atoms with E-state index in [9.17, 15) is 29.8 Å². The van der Waals surface area contributed by atoms with E-state index in [2.05, 4.69) is 0 Å².